The van der Waals surface area contributed by atoms with Crippen LogP contribution in [-0.4, -0.2) is 18.5 Å². The Hall–Kier alpha value is -2.82. The molecule has 0 aliphatic rings. The van der Waals surface area contributed by atoms with Crippen molar-refractivity contribution in [2.24, 2.45) is 0 Å². The molecule has 120 valence electrons. The number of aryl methyl sites for hydroxylation is 1. The van der Waals surface area contributed by atoms with Crippen LogP contribution in [0.25, 0.3) is 0 Å². The zero-order valence-electron chi connectivity index (χ0n) is 13.0. The predicted molar refractivity (Wildman–Crippen MR) is 89.1 cm³/mol. The van der Waals surface area contributed by atoms with E-state index in [1.807, 2.05) is 61.5 Å². The van der Waals surface area contributed by atoms with Crippen LogP contribution in [0.4, 0.5) is 10.5 Å². The molecule has 0 aliphatic carbocycles. The topological polar surface area (TPSA) is 67.4 Å². The quantitative estimate of drug-likeness (QED) is 0.861. The van der Waals surface area contributed by atoms with Crippen LogP contribution in [0.3, 0.4) is 0 Å². The van der Waals surface area contributed by atoms with Gasteiger partial charge in [0.1, 0.15) is 13.2 Å². The standard InChI is InChI=1S/C18H20N2O3/c1-2-15-10-6-7-11-16(15)20-17(21)12-19-18(22)23-13-14-8-4-3-5-9-14/h3-11H,2,12-13H2,1H3,(H,19,22)(H,20,21). The Labute approximate surface area is 135 Å². The second kappa shape index (κ2) is 8.58. The van der Waals surface area contributed by atoms with E-state index in [0.29, 0.717) is 0 Å². The van der Waals surface area contributed by atoms with Crippen molar-refractivity contribution in [3.63, 3.8) is 0 Å². The minimum Gasteiger partial charge on any atom is -0.445 e. The van der Waals surface area contributed by atoms with Gasteiger partial charge in [-0.15, -0.1) is 0 Å². The lowest BCUT2D eigenvalue weighted by Crippen LogP contribution is -2.33. The first-order valence-electron chi connectivity index (χ1n) is 7.51. The Balaban J connectivity index is 1.74. The highest BCUT2D eigenvalue weighted by Crippen LogP contribution is 2.14. The molecule has 5 heteroatoms. The van der Waals surface area contributed by atoms with Crippen LogP contribution in [0.2, 0.25) is 0 Å². The van der Waals surface area contributed by atoms with Crippen molar-refractivity contribution in [1.29, 1.82) is 0 Å². The van der Waals surface area contributed by atoms with Gasteiger partial charge >= 0.3 is 6.09 Å². The molecule has 0 spiro atoms. The summed E-state index contributed by atoms with van der Waals surface area (Å²) in [4.78, 5) is 23.5. The summed E-state index contributed by atoms with van der Waals surface area (Å²) in [6.07, 6.45) is 0.205. The first-order valence-corrected chi connectivity index (χ1v) is 7.51. The van der Waals surface area contributed by atoms with Crippen molar-refractivity contribution >= 4 is 17.7 Å². The molecule has 0 unspecified atom stereocenters. The predicted octanol–water partition coefficient (Wildman–Crippen LogP) is 3.11. The minimum absolute atomic E-state index is 0.133. The summed E-state index contributed by atoms with van der Waals surface area (Å²) in [6.45, 7) is 2.06. The highest BCUT2D eigenvalue weighted by Gasteiger charge is 2.08. The number of alkyl carbamates (subject to hydrolysis) is 1. The van der Waals surface area contributed by atoms with E-state index in [1.165, 1.54) is 0 Å². The van der Waals surface area contributed by atoms with Crippen molar-refractivity contribution in [3.05, 3.63) is 65.7 Å². The van der Waals surface area contributed by atoms with Gasteiger partial charge in [0, 0.05) is 5.69 Å². The van der Waals surface area contributed by atoms with Crippen LogP contribution in [0, 0.1) is 0 Å². The Morgan fingerprint density at radius 2 is 1.70 bits per heavy atom. The number of para-hydroxylation sites is 1. The van der Waals surface area contributed by atoms with E-state index in [1.54, 1.807) is 0 Å². The van der Waals surface area contributed by atoms with Gasteiger partial charge in [0.05, 0.1) is 0 Å². The van der Waals surface area contributed by atoms with E-state index in [0.717, 1.165) is 23.2 Å². The molecule has 0 heterocycles. The van der Waals surface area contributed by atoms with Crippen molar-refractivity contribution < 1.29 is 14.3 Å². The smallest absolute Gasteiger partial charge is 0.407 e. The minimum atomic E-state index is -0.618. The molecule has 23 heavy (non-hydrogen) atoms. The third kappa shape index (κ3) is 5.47. The maximum atomic E-state index is 11.9. The number of ether oxygens (including phenoxy) is 1. The van der Waals surface area contributed by atoms with Crippen LogP contribution in [0.5, 0.6) is 0 Å². The average Bonchev–Trinajstić information content (AvgIpc) is 2.59. The molecular formula is C18H20N2O3. The molecule has 0 radical (unpaired) electrons. The largest absolute Gasteiger partial charge is 0.445 e. The molecule has 0 atom stereocenters. The molecular weight excluding hydrogens is 292 g/mol. The Kier molecular flexibility index (Phi) is 6.17. The summed E-state index contributed by atoms with van der Waals surface area (Å²) >= 11 is 0. The van der Waals surface area contributed by atoms with Gasteiger partial charge in [0.2, 0.25) is 5.91 Å². The summed E-state index contributed by atoms with van der Waals surface area (Å²) in [5.41, 5.74) is 2.70. The first kappa shape index (κ1) is 16.5. The molecule has 0 fully saturated rings. The number of carbonyl (C=O) groups is 2. The molecule has 0 saturated carbocycles. The third-order valence-corrected chi connectivity index (χ3v) is 3.28. The van der Waals surface area contributed by atoms with Crippen LogP contribution < -0.4 is 10.6 Å². The molecule has 5 nitrogen and oxygen atoms in total. The van der Waals surface area contributed by atoms with Crippen LogP contribution in [0.1, 0.15) is 18.1 Å². The highest BCUT2D eigenvalue weighted by atomic mass is 16.5. The lowest BCUT2D eigenvalue weighted by Gasteiger charge is -2.10. The number of hydrogen-bond acceptors (Lipinski definition) is 3. The summed E-state index contributed by atoms with van der Waals surface area (Å²) in [7, 11) is 0. The molecule has 2 aromatic carbocycles. The van der Waals surface area contributed by atoms with Gasteiger partial charge in [-0.05, 0) is 23.6 Å². The van der Waals surface area contributed by atoms with E-state index in [9.17, 15) is 9.59 Å². The van der Waals surface area contributed by atoms with Crippen molar-refractivity contribution in [3.8, 4) is 0 Å². The fourth-order valence-corrected chi connectivity index (χ4v) is 2.07. The molecule has 2 N–H and O–H groups in total. The normalized spacial score (nSPS) is 9.96. The van der Waals surface area contributed by atoms with Crippen LogP contribution >= 0.6 is 0 Å². The van der Waals surface area contributed by atoms with E-state index in [2.05, 4.69) is 10.6 Å². The van der Waals surface area contributed by atoms with E-state index >= 15 is 0 Å². The van der Waals surface area contributed by atoms with E-state index in [-0.39, 0.29) is 19.1 Å². The van der Waals surface area contributed by atoms with Gasteiger partial charge in [0.15, 0.2) is 0 Å². The van der Waals surface area contributed by atoms with Crippen molar-refractivity contribution in [2.45, 2.75) is 20.0 Å². The second-order valence-electron chi connectivity index (χ2n) is 4.97. The van der Waals surface area contributed by atoms with Gasteiger partial charge in [-0.1, -0.05) is 55.5 Å². The lowest BCUT2D eigenvalue weighted by molar-refractivity contribution is -0.115. The maximum absolute atomic E-state index is 11.9. The van der Waals surface area contributed by atoms with Crippen molar-refractivity contribution in [2.75, 3.05) is 11.9 Å². The summed E-state index contributed by atoms with van der Waals surface area (Å²) in [5.74, 6) is -0.289. The number of benzene rings is 2. The van der Waals surface area contributed by atoms with Gasteiger partial charge < -0.3 is 15.4 Å². The third-order valence-electron chi connectivity index (χ3n) is 3.28. The molecule has 2 aromatic rings. The van der Waals surface area contributed by atoms with E-state index < -0.39 is 6.09 Å². The van der Waals surface area contributed by atoms with Crippen molar-refractivity contribution in [1.82, 2.24) is 5.32 Å². The summed E-state index contributed by atoms with van der Waals surface area (Å²) in [6, 6.07) is 16.9. The number of hydrogen-bond donors (Lipinski definition) is 2. The number of anilines is 1. The first-order chi connectivity index (χ1) is 11.2. The van der Waals surface area contributed by atoms with Gasteiger partial charge in [-0.2, -0.15) is 0 Å². The van der Waals surface area contributed by atoms with Gasteiger partial charge in [-0.25, -0.2) is 4.79 Å². The fourth-order valence-electron chi connectivity index (χ4n) is 2.07. The second-order valence-corrected chi connectivity index (χ2v) is 4.97. The Bertz CT molecular complexity index is 656. The highest BCUT2D eigenvalue weighted by molar-refractivity contribution is 5.94. The summed E-state index contributed by atoms with van der Waals surface area (Å²) in [5, 5.41) is 5.22. The zero-order valence-corrected chi connectivity index (χ0v) is 13.0. The Morgan fingerprint density at radius 1 is 1.00 bits per heavy atom. The number of nitrogens with one attached hydrogen (secondary N) is 2. The molecule has 0 aliphatic heterocycles. The molecule has 0 aromatic heterocycles. The fraction of sp³-hybridized carbons (Fsp3) is 0.222. The monoisotopic (exact) mass is 312 g/mol. The van der Waals surface area contributed by atoms with E-state index in [4.69, 9.17) is 4.74 Å². The van der Waals surface area contributed by atoms with Gasteiger partial charge in [-0.3, -0.25) is 4.79 Å². The molecule has 0 saturated heterocycles. The van der Waals surface area contributed by atoms with Crippen LogP contribution in [0.15, 0.2) is 54.6 Å². The number of rotatable bonds is 6. The lowest BCUT2D eigenvalue weighted by atomic mass is 10.1. The molecule has 2 rings (SSSR count). The average molecular weight is 312 g/mol. The van der Waals surface area contributed by atoms with Gasteiger partial charge in [0.25, 0.3) is 0 Å². The molecule has 2 amide bonds. The number of carbonyl (C=O) groups excluding carboxylic acids is 2. The zero-order chi connectivity index (χ0) is 16.5. The molecule has 0 bridgehead atoms. The maximum Gasteiger partial charge on any atom is 0.407 e. The SMILES string of the molecule is CCc1ccccc1NC(=O)CNC(=O)OCc1ccccc1. The Morgan fingerprint density at radius 3 is 2.43 bits per heavy atom. The number of amides is 2. The van der Waals surface area contributed by atoms with Crippen LogP contribution in [-0.2, 0) is 22.6 Å². The summed E-state index contributed by atoms with van der Waals surface area (Å²) < 4.78 is 5.04.